The zero-order chi connectivity index (χ0) is 15.5. The highest BCUT2D eigenvalue weighted by molar-refractivity contribution is 6.00. The maximum atomic E-state index is 9.98. The van der Waals surface area contributed by atoms with E-state index in [0.717, 1.165) is 11.3 Å². The molecule has 4 nitrogen and oxygen atoms in total. The average Bonchev–Trinajstić information content (AvgIpc) is 2.92. The quantitative estimate of drug-likeness (QED) is 0.723. The van der Waals surface area contributed by atoms with Crippen molar-refractivity contribution in [2.45, 2.75) is 13.8 Å². The van der Waals surface area contributed by atoms with Crippen LogP contribution in [0, 0.1) is 6.92 Å². The van der Waals surface area contributed by atoms with E-state index in [-0.39, 0.29) is 5.95 Å². The lowest BCUT2D eigenvalue weighted by Crippen LogP contribution is -1.95. The van der Waals surface area contributed by atoms with E-state index in [1.54, 1.807) is 6.92 Å². The van der Waals surface area contributed by atoms with Gasteiger partial charge in [0.1, 0.15) is 0 Å². The molecule has 4 heteroatoms. The molecule has 0 spiro atoms. The van der Waals surface area contributed by atoms with E-state index in [1.165, 1.54) is 5.56 Å². The maximum absolute atomic E-state index is 9.98. The van der Waals surface area contributed by atoms with Gasteiger partial charge in [-0.1, -0.05) is 35.9 Å². The second-order valence-corrected chi connectivity index (χ2v) is 5.07. The first kappa shape index (κ1) is 14.1. The molecule has 22 heavy (non-hydrogen) atoms. The fourth-order valence-corrected chi connectivity index (χ4v) is 2.12. The molecule has 0 amide bonds. The van der Waals surface area contributed by atoms with Crippen molar-refractivity contribution in [2.24, 2.45) is 4.99 Å². The first-order chi connectivity index (χ1) is 10.6. The summed E-state index contributed by atoms with van der Waals surface area (Å²) in [6.45, 7) is 3.82. The molecule has 0 unspecified atom stereocenters. The highest BCUT2D eigenvalue weighted by Gasteiger charge is 2.16. The minimum absolute atomic E-state index is 0.216. The first-order valence-corrected chi connectivity index (χ1v) is 7.01. The zero-order valence-corrected chi connectivity index (χ0v) is 12.4. The third-order valence-electron chi connectivity index (χ3n) is 3.30. The number of aromatic hydroxyl groups is 1. The van der Waals surface area contributed by atoms with Crippen molar-refractivity contribution in [3.63, 3.8) is 0 Å². The number of rotatable bonds is 3. The van der Waals surface area contributed by atoms with Crippen LogP contribution in [0.4, 0.5) is 5.69 Å². The highest BCUT2D eigenvalue weighted by Crippen LogP contribution is 2.27. The normalized spacial score (nSPS) is 11.6. The molecule has 0 bridgehead atoms. The van der Waals surface area contributed by atoms with Crippen molar-refractivity contribution in [3.05, 3.63) is 65.9 Å². The molecule has 0 fully saturated rings. The van der Waals surface area contributed by atoms with Crippen LogP contribution >= 0.6 is 0 Å². The lowest BCUT2D eigenvalue weighted by atomic mass is 10.2. The smallest absolute Gasteiger partial charge is 0.312 e. The van der Waals surface area contributed by atoms with Crippen LogP contribution in [-0.2, 0) is 0 Å². The summed E-state index contributed by atoms with van der Waals surface area (Å²) in [6, 6.07) is 17.3. The van der Waals surface area contributed by atoms with Crippen molar-refractivity contribution in [1.82, 2.24) is 4.98 Å². The van der Waals surface area contributed by atoms with Gasteiger partial charge < -0.3 is 9.52 Å². The Morgan fingerprint density at radius 1 is 1.05 bits per heavy atom. The molecule has 3 aromatic rings. The van der Waals surface area contributed by atoms with Crippen molar-refractivity contribution in [3.8, 4) is 17.4 Å². The van der Waals surface area contributed by atoms with Gasteiger partial charge in [0.15, 0.2) is 5.69 Å². The topological polar surface area (TPSA) is 58.6 Å². The van der Waals surface area contributed by atoms with E-state index in [2.05, 4.69) is 9.98 Å². The minimum Gasteiger partial charge on any atom is -0.479 e. The van der Waals surface area contributed by atoms with Gasteiger partial charge in [-0.05, 0) is 38.1 Å². The summed E-state index contributed by atoms with van der Waals surface area (Å²) in [5.41, 5.74) is 3.76. The van der Waals surface area contributed by atoms with Crippen molar-refractivity contribution in [2.75, 3.05) is 0 Å². The van der Waals surface area contributed by atoms with Crippen LogP contribution in [0.1, 0.15) is 18.2 Å². The summed E-state index contributed by atoms with van der Waals surface area (Å²) >= 11 is 0. The number of aliphatic imine (C=N–C) groups is 1. The van der Waals surface area contributed by atoms with Gasteiger partial charge in [-0.2, -0.15) is 0 Å². The third kappa shape index (κ3) is 2.91. The van der Waals surface area contributed by atoms with Crippen LogP contribution in [0.3, 0.4) is 0 Å². The lowest BCUT2D eigenvalue weighted by Gasteiger charge is -1.98. The molecule has 0 radical (unpaired) electrons. The summed E-state index contributed by atoms with van der Waals surface area (Å²) < 4.78 is 5.34. The summed E-state index contributed by atoms with van der Waals surface area (Å²) in [7, 11) is 0. The third-order valence-corrected chi connectivity index (χ3v) is 3.30. The van der Waals surface area contributed by atoms with Crippen LogP contribution in [-0.4, -0.2) is 15.8 Å². The van der Waals surface area contributed by atoms with Crippen molar-refractivity contribution < 1.29 is 9.52 Å². The van der Waals surface area contributed by atoms with Gasteiger partial charge in [0.25, 0.3) is 0 Å². The Bertz CT molecular complexity index is 803. The summed E-state index contributed by atoms with van der Waals surface area (Å²) in [4.78, 5) is 8.82. The van der Waals surface area contributed by atoms with E-state index in [1.807, 2.05) is 61.5 Å². The van der Waals surface area contributed by atoms with Gasteiger partial charge in [-0.25, -0.2) is 4.98 Å². The molecule has 0 aliphatic heterocycles. The second kappa shape index (κ2) is 5.85. The Morgan fingerprint density at radius 2 is 1.73 bits per heavy atom. The molecule has 3 rings (SSSR count). The molecular formula is C18H16N2O2. The number of hydrogen-bond acceptors (Lipinski definition) is 4. The molecule has 1 aromatic heterocycles. The Hall–Kier alpha value is -2.88. The van der Waals surface area contributed by atoms with Crippen LogP contribution in [0.5, 0.6) is 5.95 Å². The molecule has 0 atom stereocenters. The van der Waals surface area contributed by atoms with Gasteiger partial charge in [0, 0.05) is 5.56 Å². The van der Waals surface area contributed by atoms with Crippen molar-refractivity contribution >= 4 is 11.4 Å². The van der Waals surface area contributed by atoms with Gasteiger partial charge in [0.2, 0.25) is 5.89 Å². The molecule has 1 N–H and O–H groups in total. The van der Waals surface area contributed by atoms with Gasteiger partial charge in [-0.3, -0.25) is 4.99 Å². The van der Waals surface area contributed by atoms with Gasteiger partial charge in [0.05, 0.1) is 11.4 Å². The molecule has 2 aromatic carbocycles. The summed E-state index contributed by atoms with van der Waals surface area (Å²) in [6.07, 6.45) is 0. The number of aryl methyl sites for hydroxylation is 1. The number of hydrogen-bond donors (Lipinski definition) is 1. The SMILES string of the molecule is CC(=Nc1ccc(C)cc1)c1nc(-c2ccccc2)oc1O. The molecule has 0 aliphatic rings. The van der Waals surface area contributed by atoms with E-state index >= 15 is 0 Å². The number of benzene rings is 2. The lowest BCUT2D eigenvalue weighted by molar-refractivity contribution is 0.336. The zero-order valence-electron chi connectivity index (χ0n) is 12.4. The second-order valence-electron chi connectivity index (χ2n) is 5.07. The Labute approximate surface area is 128 Å². The van der Waals surface area contributed by atoms with Gasteiger partial charge >= 0.3 is 5.95 Å². The molecule has 0 saturated carbocycles. The largest absolute Gasteiger partial charge is 0.479 e. The molecular weight excluding hydrogens is 276 g/mol. The van der Waals surface area contributed by atoms with Crippen LogP contribution in [0.25, 0.3) is 11.5 Å². The van der Waals surface area contributed by atoms with E-state index in [9.17, 15) is 5.11 Å². The van der Waals surface area contributed by atoms with Crippen LogP contribution in [0.15, 0.2) is 64.0 Å². The minimum atomic E-state index is -0.216. The fraction of sp³-hybridized carbons (Fsp3) is 0.111. The van der Waals surface area contributed by atoms with Crippen LogP contribution < -0.4 is 0 Å². The van der Waals surface area contributed by atoms with Crippen molar-refractivity contribution in [1.29, 1.82) is 0 Å². The molecule has 0 aliphatic carbocycles. The predicted molar refractivity (Wildman–Crippen MR) is 86.7 cm³/mol. The predicted octanol–water partition coefficient (Wildman–Crippen LogP) is 4.50. The Balaban J connectivity index is 1.95. The first-order valence-electron chi connectivity index (χ1n) is 7.01. The highest BCUT2D eigenvalue weighted by atomic mass is 16.5. The van der Waals surface area contributed by atoms with E-state index in [4.69, 9.17) is 4.42 Å². The number of oxazole rings is 1. The van der Waals surface area contributed by atoms with E-state index < -0.39 is 0 Å². The maximum Gasteiger partial charge on any atom is 0.312 e. The van der Waals surface area contributed by atoms with Crippen LogP contribution in [0.2, 0.25) is 0 Å². The molecule has 110 valence electrons. The Kier molecular flexibility index (Phi) is 3.74. The van der Waals surface area contributed by atoms with E-state index in [0.29, 0.717) is 17.3 Å². The number of nitrogens with zero attached hydrogens (tertiary/aromatic N) is 2. The fourth-order valence-electron chi connectivity index (χ4n) is 2.12. The number of aromatic nitrogens is 1. The summed E-state index contributed by atoms with van der Waals surface area (Å²) in [5.74, 6) is 0.166. The average molecular weight is 292 g/mol. The van der Waals surface area contributed by atoms with Gasteiger partial charge in [-0.15, -0.1) is 0 Å². The molecule has 0 saturated heterocycles. The Morgan fingerprint density at radius 3 is 2.41 bits per heavy atom. The molecule has 1 heterocycles. The standard InChI is InChI=1S/C18H16N2O2/c1-12-8-10-15(11-9-12)19-13(2)16-18(21)22-17(20-16)14-6-4-3-5-7-14/h3-11,21H,1-2H3. The summed E-state index contributed by atoms with van der Waals surface area (Å²) in [5, 5.41) is 9.98. The monoisotopic (exact) mass is 292 g/mol.